The van der Waals surface area contributed by atoms with Gasteiger partial charge in [0.05, 0.1) is 17.2 Å². The van der Waals surface area contributed by atoms with Crippen LogP contribution in [0.1, 0.15) is 67.9 Å². The zero-order valence-electron chi connectivity index (χ0n) is 21.1. The Hall–Kier alpha value is -3.66. The fourth-order valence-electron chi connectivity index (χ4n) is 3.19. The minimum Gasteiger partial charge on any atom is -0.361 e. The summed E-state index contributed by atoms with van der Waals surface area (Å²) in [6.45, 7) is 11.0. The second kappa shape index (κ2) is 13.9. The van der Waals surface area contributed by atoms with Gasteiger partial charge in [0.25, 0.3) is 0 Å². The van der Waals surface area contributed by atoms with Crippen LogP contribution in [0.15, 0.2) is 59.2 Å². The van der Waals surface area contributed by atoms with E-state index < -0.39 is 12.1 Å². The summed E-state index contributed by atoms with van der Waals surface area (Å²) in [5.41, 5.74) is 4.47. The topological polar surface area (TPSA) is 72.0 Å². The summed E-state index contributed by atoms with van der Waals surface area (Å²) in [4.78, 5) is 3.58. The molecule has 186 valence electrons. The molecular weight excluding hydrogens is 449 g/mol. The lowest BCUT2D eigenvalue weighted by molar-refractivity contribution is -0.139. The van der Waals surface area contributed by atoms with Gasteiger partial charge in [-0.2, -0.15) is 18.4 Å². The van der Waals surface area contributed by atoms with E-state index in [2.05, 4.69) is 16.4 Å². The highest BCUT2D eigenvalue weighted by molar-refractivity contribution is 5.84. The molecule has 1 atom stereocenters. The Kier molecular flexibility index (Phi) is 11.7. The Labute approximate surface area is 206 Å². The number of allylic oxidation sites excluding steroid dienone is 2. The molecule has 0 aromatic heterocycles. The lowest BCUT2D eigenvalue weighted by Gasteiger charge is -2.18. The summed E-state index contributed by atoms with van der Waals surface area (Å²) in [5, 5.41) is 19.2. The number of nitrogens with zero attached hydrogens (tertiary/aromatic N) is 2. The molecule has 0 amide bonds. The maximum Gasteiger partial charge on any atom is 0.399 e. The molecule has 0 aliphatic heterocycles. The molecule has 0 heterocycles. The van der Waals surface area contributed by atoms with Gasteiger partial charge in [-0.1, -0.05) is 60.0 Å². The fourth-order valence-corrected chi connectivity index (χ4v) is 3.19. The van der Waals surface area contributed by atoms with E-state index in [1.165, 1.54) is 6.08 Å². The number of benzene rings is 2. The molecule has 0 fully saturated rings. The standard InChI is InChI=1S/C24H25F3N2.C4H8N2/c1-5-16(2)15-29-23-9-7-19(13-21(23)14-28)6-8-22(24(25,26)27)20-11-17(3)10-18(4)12-20;1-3-6-4(2)5/h6-13,15,22,29H,5H2,1-4H3;3,5H,1-2H3/b8-6+,16-15+;. The van der Waals surface area contributed by atoms with Crippen molar-refractivity contribution in [3.8, 4) is 6.07 Å². The Bertz CT molecular complexity index is 1120. The Morgan fingerprint density at radius 2 is 1.77 bits per heavy atom. The zero-order valence-corrected chi connectivity index (χ0v) is 21.1. The highest BCUT2D eigenvalue weighted by atomic mass is 19.4. The number of halogens is 3. The van der Waals surface area contributed by atoms with Crippen LogP contribution in [0, 0.1) is 30.6 Å². The molecule has 2 aromatic rings. The molecule has 4 nitrogen and oxygen atoms in total. The van der Waals surface area contributed by atoms with Crippen LogP contribution in [0.4, 0.5) is 18.9 Å². The molecule has 35 heavy (non-hydrogen) atoms. The highest BCUT2D eigenvalue weighted by Gasteiger charge is 2.39. The molecule has 0 radical (unpaired) electrons. The normalized spacial score (nSPS) is 12.7. The number of rotatable bonds is 6. The van der Waals surface area contributed by atoms with Crippen molar-refractivity contribution in [1.29, 1.82) is 10.7 Å². The minimum atomic E-state index is -4.40. The molecule has 0 saturated heterocycles. The average molecular weight is 483 g/mol. The monoisotopic (exact) mass is 482 g/mol. The largest absolute Gasteiger partial charge is 0.399 e. The summed E-state index contributed by atoms with van der Waals surface area (Å²) in [6.07, 6.45) is 2.48. The van der Waals surface area contributed by atoms with Gasteiger partial charge in [0.1, 0.15) is 11.9 Å². The van der Waals surface area contributed by atoms with Crippen molar-refractivity contribution in [3.05, 3.63) is 82.1 Å². The smallest absolute Gasteiger partial charge is 0.361 e. The van der Waals surface area contributed by atoms with E-state index in [9.17, 15) is 18.4 Å². The number of aliphatic imine (C=N–C) groups is 1. The SMILES string of the molecule is CC/C(C)=C/Nc1ccc(/C=C/C(c2cc(C)cc(C)c2)C(F)(F)F)cc1C#N.CC=NC(C)=N. The number of aryl methyl sites for hydroxylation is 2. The van der Waals surface area contributed by atoms with Crippen molar-refractivity contribution >= 4 is 23.8 Å². The van der Waals surface area contributed by atoms with Crippen LogP contribution in [-0.2, 0) is 0 Å². The van der Waals surface area contributed by atoms with Crippen molar-refractivity contribution in [1.82, 2.24) is 0 Å². The first-order valence-electron chi connectivity index (χ1n) is 11.2. The van der Waals surface area contributed by atoms with Gasteiger partial charge >= 0.3 is 6.18 Å². The number of nitriles is 1. The number of anilines is 1. The van der Waals surface area contributed by atoms with Crippen LogP contribution in [0.3, 0.4) is 0 Å². The van der Waals surface area contributed by atoms with Crippen molar-refractivity contribution < 1.29 is 13.2 Å². The first kappa shape index (κ1) is 29.4. The van der Waals surface area contributed by atoms with E-state index in [0.29, 0.717) is 22.6 Å². The fraction of sp³-hybridized carbons (Fsp3) is 0.321. The van der Waals surface area contributed by atoms with Crippen molar-refractivity contribution in [3.63, 3.8) is 0 Å². The zero-order chi connectivity index (χ0) is 26.6. The van der Waals surface area contributed by atoms with Gasteiger partial charge in [0, 0.05) is 6.21 Å². The number of hydrogen-bond donors (Lipinski definition) is 2. The van der Waals surface area contributed by atoms with E-state index in [0.717, 1.165) is 29.2 Å². The molecule has 0 spiro atoms. The summed E-state index contributed by atoms with van der Waals surface area (Å²) in [7, 11) is 0. The Balaban J connectivity index is 0.000000905. The maximum atomic E-state index is 13.7. The molecule has 0 bridgehead atoms. The lowest BCUT2D eigenvalue weighted by Crippen LogP contribution is -2.19. The third kappa shape index (κ3) is 10.4. The van der Waals surface area contributed by atoms with Crippen LogP contribution in [0.25, 0.3) is 6.08 Å². The van der Waals surface area contributed by atoms with Gasteiger partial charge in [-0.25, -0.2) is 4.99 Å². The molecule has 0 aliphatic carbocycles. The molecule has 2 rings (SSSR count). The molecular formula is C28H33F3N4. The quantitative estimate of drug-likeness (QED) is 0.321. The number of nitrogens with one attached hydrogen (secondary N) is 2. The van der Waals surface area contributed by atoms with Gasteiger partial charge in [0.2, 0.25) is 0 Å². The average Bonchev–Trinajstić information content (AvgIpc) is 2.76. The lowest BCUT2D eigenvalue weighted by atomic mass is 9.94. The molecule has 2 aromatic carbocycles. The molecule has 0 saturated carbocycles. The molecule has 7 heteroatoms. The number of hydrogen-bond acceptors (Lipinski definition) is 3. The highest BCUT2D eigenvalue weighted by Crippen LogP contribution is 2.37. The summed E-state index contributed by atoms with van der Waals surface area (Å²) in [6, 6.07) is 12.1. The van der Waals surface area contributed by atoms with Gasteiger partial charge in [-0.05, 0) is 70.5 Å². The molecule has 0 aliphatic rings. The van der Waals surface area contributed by atoms with Gasteiger partial charge in [0.15, 0.2) is 0 Å². The van der Waals surface area contributed by atoms with E-state index >= 15 is 0 Å². The molecule has 2 N–H and O–H groups in total. The van der Waals surface area contributed by atoms with E-state index in [1.807, 2.05) is 26.1 Å². The Morgan fingerprint density at radius 3 is 2.23 bits per heavy atom. The van der Waals surface area contributed by atoms with Crippen LogP contribution >= 0.6 is 0 Å². The van der Waals surface area contributed by atoms with E-state index in [1.54, 1.807) is 64.2 Å². The van der Waals surface area contributed by atoms with Crippen LogP contribution in [-0.4, -0.2) is 18.2 Å². The third-order valence-corrected chi connectivity index (χ3v) is 4.96. The van der Waals surface area contributed by atoms with Crippen LogP contribution in [0.2, 0.25) is 0 Å². The second-order valence-electron chi connectivity index (χ2n) is 8.18. The van der Waals surface area contributed by atoms with Crippen molar-refractivity contribution in [2.75, 3.05) is 5.32 Å². The number of amidine groups is 1. The first-order valence-corrected chi connectivity index (χ1v) is 11.2. The van der Waals surface area contributed by atoms with E-state index in [4.69, 9.17) is 5.41 Å². The minimum absolute atomic E-state index is 0.213. The molecule has 1 unspecified atom stereocenters. The second-order valence-corrected chi connectivity index (χ2v) is 8.18. The summed E-state index contributed by atoms with van der Waals surface area (Å²) < 4.78 is 41.0. The first-order chi connectivity index (χ1) is 16.4. The van der Waals surface area contributed by atoms with Gasteiger partial charge in [-0.15, -0.1) is 0 Å². The van der Waals surface area contributed by atoms with Crippen molar-refractivity contribution in [2.45, 2.75) is 60.1 Å². The van der Waals surface area contributed by atoms with Crippen LogP contribution < -0.4 is 5.32 Å². The van der Waals surface area contributed by atoms with E-state index in [-0.39, 0.29) is 5.56 Å². The summed E-state index contributed by atoms with van der Waals surface area (Å²) in [5.74, 6) is -1.35. The third-order valence-electron chi connectivity index (χ3n) is 4.96. The summed E-state index contributed by atoms with van der Waals surface area (Å²) >= 11 is 0. The maximum absolute atomic E-state index is 13.7. The predicted octanol–water partition coefficient (Wildman–Crippen LogP) is 8.33. The van der Waals surface area contributed by atoms with Gasteiger partial charge < -0.3 is 5.32 Å². The number of alkyl halides is 3. The predicted molar refractivity (Wildman–Crippen MR) is 140 cm³/mol. The van der Waals surface area contributed by atoms with Crippen molar-refractivity contribution in [2.24, 2.45) is 4.99 Å². The van der Waals surface area contributed by atoms with Gasteiger partial charge in [-0.3, -0.25) is 5.41 Å². The Morgan fingerprint density at radius 1 is 1.14 bits per heavy atom. The van der Waals surface area contributed by atoms with Crippen LogP contribution in [0.5, 0.6) is 0 Å².